The van der Waals surface area contributed by atoms with Gasteiger partial charge in [0.2, 0.25) is 0 Å². The number of hydrogen-bond acceptors (Lipinski definition) is 3. The minimum atomic E-state index is -0.171. The fraction of sp³-hybridized carbons (Fsp3) is 0.182. The molecule has 0 heterocycles. The summed E-state index contributed by atoms with van der Waals surface area (Å²) in [7, 11) is 0. The number of ether oxygens (including phenoxy) is 1. The lowest BCUT2D eigenvalue weighted by Crippen LogP contribution is -2.04. The van der Waals surface area contributed by atoms with E-state index in [0.717, 1.165) is 0 Å². The molecule has 0 atom stereocenters. The van der Waals surface area contributed by atoms with Crippen molar-refractivity contribution in [1.82, 2.24) is 0 Å². The molecule has 0 saturated carbocycles. The number of para-hydroxylation sites is 2. The number of phenolic OH excluding ortho intramolecular Hbond substituents is 1. The highest BCUT2D eigenvalue weighted by Gasteiger charge is 2.07. The number of benzene rings is 1. The maximum Gasteiger partial charge on any atom is 0.194 e. The van der Waals surface area contributed by atoms with Gasteiger partial charge in [-0.2, -0.15) is 0 Å². The predicted octanol–water partition coefficient (Wildman–Crippen LogP) is 2.26. The maximum atomic E-state index is 11.0. The Morgan fingerprint density at radius 2 is 2.07 bits per heavy atom. The minimum absolute atomic E-state index is 0.0214. The molecule has 0 radical (unpaired) electrons. The predicted molar refractivity (Wildman–Crippen MR) is 53.2 cm³/mol. The van der Waals surface area contributed by atoms with Crippen molar-refractivity contribution in [1.29, 1.82) is 0 Å². The summed E-state index contributed by atoms with van der Waals surface area (Å²) in [6.45, 7) is 3.12. The summed E-state index contributed by atoms with van der Waals surface area (Å²) >= 11 is 0. The van der Waals surface area contributed by atoms with Gasteiger partial charge in [0.05, 0.1) is 0 Å². The summed E-state index contributed by atoms with van der Waals surface area (Å²) in [5, 5.41) is 9.37. The van der Waals surface area contributed by atoms with Crippen LogP contribution in [0.1, 0.15) is 13.8 Å². The normalized spacial score (nSPS) is 11.1. The number of carbonyl (C=O) groups is 1. The Morgan fingerprint density at radius 1 is 1.43 bits per heavy atom. The maximum absolute atomic E-state index is 11.0. The highest BCUT2D eigenvalue weighted by atomic mass is 16.5. The Bertz CT molecular complexity index is 367. The molecule has 0 aliphatic heterocycles. The zero-order valence-electron chi connectivity index (χ0n) is 8.15. The standard InChI is InChI=1S/C11H12O3/c1-3-10(8(2)12)14-11-7-5-4-6-9(11)13/h3-7,13H,1-2H3/b10-3+. The molecule has 3 nitrogen and oxygen atoms in total. The van der Waals surface area contributed by atoms with E-state index in [1.165, 1.54) is 13.0 Å². The number of hydrogen-bond donors (Lipinski definition) is 1. The van der Waals surface area contributed by atoms with Crippen LogP contribution < -0.4 is 4.74 Å². The third-order valence-electron chi connectivity index (χ3n) is 1.69. The van der Waals surface area contributed by atoms with Crippen LogP contribution in [0.15, 0.2) is 36.1 Å². The van der Waals surface area contributed by atoms with Gasteiger partial charge in [0.1, 0.15) is 0 Å². The summed E-state index contributed by atoms with van der Waals surface area (Å²) in [6, 6.07) is 6.51. The Hall–Kier alpha value is -1.77. The van der Waals surface area contributed by atoms with Crippen molar-refractivity contribution in [3.63, 3.8) is 0 Å². The molecule has 0 saturated heterocycles. The van der Waals surface area contributed by atoms with Crippen molar-refractivity contribution < 1.29 is 14.6 Å². The van der Waals surface area contributed by atoms with Crippen LogP contribution in [0.25, 0.3) is 0 Å². The van der Waals surface area contributed by atoms with Gasteiger partial charge in [-0.3, -0.25) is 4.79 Å². The molecule has 0 spiro atoms. The second-order valence-corrected chi connectivity index (χ2v) is 2.78. The van der Waals surface area contributed by atoms with Crippen LogP contribution in [0.2, 0.25) is 0 Å². The average molecular weight is 192 g/mol. The van der Waals surface area contributed by atoms with Gasteiger partial charge in [-0.25, -0.2) is 0 Å². The molecule has 0 aliphatic carbocycles. The topological polar surface area (TPSA) is 46.5 Å². The smallest absolute Gasteiger partial charge is 0.194 e. The van der Waals surface area contributed by atoms with Crippen LogP contribution >= 0.6 is 0 Å². The largest absolute Gasteiger partial charge is 0.504 e. The molecule has 3 heteroatoms. The molecule has 74 valence electrons. The number of ketones is 1. The molecular formula is C11H12O3. The van der Waals surface area contributed by atoms with Crippen molar-refractivity contribution in [2.24, 2.45) is 0 Å². The monoisotopic (exact) mass is 192 g/mol. The number of aromatic hydroxyl groups is 1. The van der Waals surface area contributed by atoms with E-state index >= 15 is 0 Å². The molecular weight excluding hydrogens is 180 g/mol. The second-order valence-electron chi connectivity index (χ2n) is 2.78. The van der Waals surface area contributed by atoms with E-state index in [0.29, 0.717) is 0 Å². The van der Waals surface area contributed by atoms with E-state index in [-0.39, 0.29) is 23.0 Å². The Labute approximate surface area is 82.6 Å². The van der Waals surface area contributed by atoms with Crippen molar-refractivity contribution >= 4 is 5.78 Å². The van der Waals surface area contributed by atoms with E-state index in [9.17, 15) is 9.90 Å². The Kier molecular flexibility index (Phi) is 3.29. The lowest BCUT2D eigenvalue weighted by atomic mass is 10.3. The number of Topliss-reactive ketones (excluding diaryl/α,β-unsaturated/α-hetero) is 1. The Morgan fingerprint density at radius 3 is 2.57 bits per heavy atom. The fourth-order valence-electron chi connectivity index (χ4n) is 0.996. The first kappa shape index (κ1) is 10.3. The molecule has 1 rings (SSSR count). The van der Waals surface area contributed by atoms with E-state index < -0.39 is 0 Å². The summed E-state index contributed by atoms with van der Waals surface area (Å²) in [4.78, 5) is 11.0. The number of rotatable bonds is 3. The van der Waals surface area contributed by atoms with Crippen LogP contribution in [-0.4, -0.2) is 10.9 Å². The van der Waals surface area contributed by atoms with Gasteiger partial charge in [0.25, 0.3) is 0 Å². The third-order valence-corrected chi connectivity index (χ3v) is 1.69. The summed E-state index contributed by atoms with van der Waals surface area (Å²) in [6.07, 6.45) is 1.56. The molecule has 14 heavy (non-hydrogen) atoms. The first-order chi connectivity index (χ1) is 6.65. The van der Waals surface area contributed by atoms with Crippen LogP contribution in [0.4, 0.5) is 0 Å². The van der Waals surface area contributed by atoms with Crippen molar-refractivity contribution in [2.45, 2.75) is 13.8 Å². The van der Waals surface area contributed by atoms with Gasteiger partial charge in [-0.15, -0.1) is 0 Å². The quantitative estimate of drug-likeness (QED) is 0.590. The Balaban J connectivity index is 2.88. The zero-order valence-corrected chi connectivity index (χ0v) is 8.15. The molecule has 0 aromatic heterocycles. The van der Waals surface area contributed by atoms with Gasteiger partial charge in [-0.05, 0) is 25.1 Å². The SMILES string of the molecule is C/C=C(/Oc1ccccc1O)C(C)=O. The van der Waals surface area contributed by atoms with E-state index in [1.807, 2.05) is 0 Å². The molecule has 0 bridgehead atoms. The molecule has 1 N–H and O–H groups in total. The van der Waals surface area contributed by atoms with E-state index in [1.54, 1.807) is 31.2 Å². The fourth-order valence-corrected chi connectivity index (χ4v) is 0.996. The average Bonchev–Trinajstić information content (AvgIpc) is 2.16. The van der Waals surface area contributed by atoms with Gasteiger partial charge in [-0.1, -0.05) is 12.1 Å². The molecule has 1 aromatic rings. The van der Waals surface area contributed by atoms with Crippen LogP contribution in [0.3, 0.4) is 0 Å². The highest BCUT2D eigenvalue weighted by molar-refractivity contribution is 5.91. The summed E-state index contributed by atoms with van der Waals surface area (Å²) in [5.74, 6) is 0.367. The molecule has 0 fully saturated rings. The van der Waals surface area contributed by atoms with Gasteiger partial charge in [0.15, 0.2) is 23.0 Å². The van der Waals surface area contributed by atoms with Crippen LogP contribution in [0, 0.1) is 0 Å². The van der Waals surface area contributed by atoms with Crippen LogP contribution in [0.5, 0.6) is 11.5 Å². The molecule has 0 unspecified atom stereocenters. The van der Waals surface area contributed by atoms with E-state index in [4.69, 9.17) is 4.74 Å². The third kappa shape index (κ3) is 2.36. The zero-order chi connectivity index (χ0) is 10.6. The van der Waals surface area contributed by atoms with Crippen molar-refractivity contribution in [2.75, 3.05) is 0 Å². The van der Waals surface area contributed by atoms with Crippen LogP contribution in [-0.2, 0) is 4.79 Å². The summed E-state index contributed by atoms with van der Waals surface area (Å²) < 4.78 is 5.22. The van der Waals surface area contributed by atoms with Crippen molar-refractivity contribution in [3.05, 3.63) is 36.1 Å². The lowest BCUT2D eigenvalue weighted by Gasteiger charge is -2.07. The van der Waals surface area contributed by atoms with E-state index in [2.05, 4.69) is 0 Å². The first-order valence-electron chi connectivity index (χ1n) is 4.28. The number of phenols is 1. The van der Waals surface area contributed by atoms with Gasteiger partial charge >= 0.3 is 0 Å². The second kappa shape index (κ2) is 4.46. The lowest BCUT2D eigenvalue weighted by molar-refractivity contribution is -0.115. The van der Waals surface area contributed by atoms with Gasteiger partial charge < -0.3 is 9.84 Å². The number of allylic oxidation sites excluding steroid dienone is 2. The van der Waals surface area contributed by atoms with Crippen molar-refractivity contribution in [3.8, 4) is 11.5 Å². The first-order valence-corrected chi connectivity index (χ1v) is 4.28. The minimum Gasteiger partial charge on any atom is -0.504 e. The highest BCUT2D eigenvalue weighted by Crippen LogP contribution is 2.26. The molecule has 0 amide bonds. The molecule has 1 aromatic carbocycles. The summed E-state index contributed by atoms with van der Waals surface area (Å²) in [5.41, 5.74) is 0. The number of carbonyl (C=O) groups excluding carboxylic acids is 1. The van der Waals surface area contributed by atoms with Gasteiger partial charge in [0, 0.05) is 6.92 Å². The molecule has 0 aliphatic rings.